The van der Waals surface area contributed by atoms with Crippen LogP contribution in [0.3, 0.4) is 0 Å². The Hall–Kier alpha value is -1.23. The SMILES string of the molecule is CO[C@@H]1[C@@H](O)[C@@H](O[C@@H]2CC[C@]3(C)[C@H](CC[C@@H]4[C@@H]3CC[C@]3(C)[C@H](C5=CC(=O)OC5)CC[C@]43O)C2)O[C@H](C)[C@H]1O[C@@H]1O[C@H](CO)[C@H](O)[C@@H](O)[C@H]1O. The zero-order valence-corrected chi connectivity index (χ0v) is 29.1. The van der Waals surface area contributed by atoms with Crippen molar-refractivity contribution in [1.82, 2.24) is 0 Å². The van der Waals surface area contributed by atoms with Crippen LogP contribution in [0.4, 0.5) is 0 Å². The Kier molecular flexibility index (Phi) is 9.82. The first-order chi connectivity index (χ1) is 23.3. The largest absolute Gasteiger partial charge is 0.458 e. The molecule has 0 bridgehead atoms. The highest BCUT2D eigenvalue weighted by Gasteiger charge is 2.68. The summed E-state index contributed by atoms with van der Waals surface area (Å²) in [6, 6.07) is 0. The lowest BCUT2D eigenvalue weighted by Gasteiger charge is -2.64. The van der Waals surface area contributed by atoms with E-state index in [0.29, 0.717) is 18.4 Å². The van der Waals surface area contributed by atoms with Crippen LogP contribution in [0.2, 0.25) is 0 Å². The Morgan fingerprint density at radius 1 is 0.857 bits per heavy atom. The van der Waals surface area contributed by atoms with Gasteiger partial charge in [0.2, 0.25) is 0 Å². The van der Waals surface area contributed by atoms with Gasteiger partial charge in [-0.25, -0.2) is 4.79 Å². The summed E-state index contributed by atoms with van der Waals surface area (Å²) in [4.78, 5) is 11.9. The standard InChI is InChI=1S/C36H56O13/c1-17-30(49-32-28(41)27(40)26(39)24(15-37)48-32)31(44-4)29(42)33(46-17)47-20-7-10-34(2)19(14-20)5-6-23-22(34)8-11-35(3)21(9-12-36(23,35)43)18-13-25(38)45-16-18/h13,17,19-24,26-33,37,39-43H,5-12,14-16H2,1-4H3/t17-,19-,20-,21+,22+,23-,24-,26+,27-,28-,29-,30-,31-,32+,33-,34-,35-,36+/m1/s1. The van der Waals surface area contributed by atoms with Gasteiger partial charge in [0.1, 0.15) is 49.3 Å². The van der Waals surface area contributed by atoms with E-state index in [4.69, 9.17) is 28.4 Å². The van der Waals surface area contributed by atoms with Gasteiger partial charge in [-0.3, -0.25) is 0 Å². The van der Waals surface area contributed by atoms with E-state index in [1.807, 2.05) is 0 Å². The maximum absolute atomic E-state index is 12.5. The van der Waals surface area contributed by atoms with Crippen LogP contribution in [0.1, 0.15) is 78.6 Å². The molecule has 0 radical (unpaired) electrons. The van der Waals surface area contributed by atoms with Gasteiger partial charge in [-0.2, -0.15) is 0 Å². The smallest absolute Gasteiger partial charge is 0.331 e. The highest BCUT2D eigenvalue weighted by Crippen LogP contribution is 2.70. The molecule has 0 aromatic carbocycles. The summed E-state index contributed by atoms with van der Waals surface area (Å²) in [5, 5.41) is 64.3. The summed E-state index contributed by atoms with van der Waals surface area (Å²) in [7, 11) is 1.44. The second-order valence-corrected chi connectivity index (χ2v) is 16.5. The Morgan fingerprint density at radius 3 is 2.31 bits per heavy atom. The van der Waals surface area contributed by atoms with Crippen LogP contribution in [0.5, 0.6) is 0 Å². The molecule has 0 unspecified atom stereocenters. The average molecular weight is 697 g/mol. The Balaban J connectivity index is 0.990. The van der Waals surface area contributed by atoms with Crippen molar-refractivity contribution in [1.29, 1.82) is 0 Å². The second kappa shape index (κ2) is 13.3. The molecular weight excluding hydrogens is 640 g/mol. The third-order valence-corrected chi connectivity index (χ3v) is 14.4. The molecule has 13 nitrogen and oxygen atoms in total. The topological polar surface area (TPSA) is 194 Å². The number of hydrogen-bond acceptors (Lipinski definition) is 13. The minimum atomic E-state index is -1.60. The molecule has 0 spiro atoms. The molecule has 3 aliphatic heterocycles. The molecule has 2 saturated heterocycles. The van der Waals surface area contributed by atoms with Gasteiger partial charge in [0, 0.05) is 18.6 Å². The van der Waals surface area contributed by atoms with Crippen LogP contribution in [0.15, 0.2) is 11.6 Å². The normalized spacial score (nSPS) is 54.4. The fraction of sp³-hybridized carbons (Fsp3) is 0.917. The molecule has 6 N–H and O–H groups in total. The lowest BCUT2D eigenvalue weighted by atomic mass is 9.43. The average Bonchev–Trinajstić information content (AvgIpc) is 3.62. The maximum atomic E-state index is 12.5. The fourth-order valence-electron chi connectivity index (χ4n) is 11.6. The van der Waals surface area contributed by atoms with Gasteiger partial charge in [0.25, 0.3) is 0 Å². The second-order valence-electron chi connectivity index (χ2n) is 16.5. The van der Waals surface area contributed by atoms with Gasteiger partial charge in [-0.1, -0.05) is 13.8 Å². The molecule has 0 amide bonds. The highest BCUT2D eigenvalue weighted by atomic mass is 16.7. The molecule has 0 aromatic heterocycles. The predicted octanol–water partition coefficient (Wildman–Crippen LogP) is 0.934. The van der Waals surface area contributed by atoms with Crippen LogP contribution in [-0.4, -0.2) is 130 Å². The summed E-state index contributed by atoms with van der Waals surface area (Å²) in [6.45, 7) is 6.15. The van der Waals surface area contributed by atoms with Crippen molar-refractivity contribution in [3.8, 4) is 0 Å². The first kappa shape index (κ1) is 36.1. The number of aliphatic hydroxyl groups is 6. The van der Waals surface area contributed by atoms with Crippen molar-refractivity contribution in [3.63, 3.8) is 0 Å². The summed E-state index contributed by atoms with van der Waals surface area (Å²) in [5.41, 5.74) is 0.0599. The highest BCUT2D eigenvalue weighted by molar-refractivity contribution is 5.85. The van der Waals surface area contributed by atoms with Crippen molar-refractivity contribution in [2.45, 2.75) is 152 Å². The third kappa shape index (κ3) is 5.74. The van der Waals surface area contributed by atoms with E-state index in [1.54, 1.807) is 13.0 Å². The molecule has 4 saturated carbocycles. The summed E-state index contributed by atoms with van der Waals surface area (Å²) < 4.78 is 35.1. The van der Waals surface area contributed by atoms with Crippen LogP contribution in [-0.2, 0) is 33.2 Å². The lowest BCUT2D eigenvalue weighted by molar-refractivity contribution is -0.362. The summed E-state index contributed by atoms with van der Waals surface area (Å²) >= 11 is 0. The van der Waals surface area contributed by atoms with Crippen LogP contribution < -0.4 is 0 Å². The number of carbonyl (C=O) groups is 1. The molecule has 13 heteroatoms. The van der Waals surface area contributed by atoms with Gasteiger partial charge < -0.3 is 59.1 Å². The van der Waals surface area contributed by atoms with Gasteiger partial charge in [0.15, 0.2) is 12.6 Å². The number of fused-ring (bicyclic) bond motifs is 5. The fourth-order valence-corrected chi connectivity index (χ4v) is 11.6. The predicted molar refractivity (Wildman–Crippen MR) is 170 cm³/mol. The van der Waals surface area contributed by atoms with E-state index in [-0.39, 0.29) is 34.7 Å². The van der Waals surface area contributed by atoms with Crippen molar-refractivity contribution >= 4 is 5.97 Å². The molecule has 7 aliphatic rings. The number of esters is 1. The minimum absolute atomic E-state index is 0.0579. The summed E-state index contributed by atoms with van der Waals surface area (Å²) in [5.74, 6) is 0.909. The van der Waals surface area contributed by atoms with Crippen molar-refractivity contribution < 1.29 is 63.9 Å². The van der Waals surface area contributed by atoms with Crippen LogP contribution in [0.25, 0.3) is 0 Å². The molecule has 278 valence electrons. The number of cyclic esters (lactones) is 1. The van der Waals surface area contributed by atoms with E-state index < -0.39 is 73.6 Å². The molecule has 6 fully saturated rings. The van der Waals surface area contributed by atoms with Gasteiger partial charge in [-0.15, -0.1) is 0 Å². The van der Waals surface area contributed by atoms with E-state index in [2.05, 4.69) is 13.8 Å². The minimum Gasteiger partial charge on any atom is -0.458 e. The number of aliphatic hydroxyl groups excluding tert-OH is 5. The molecule has 4 aliphatic carbocycles. The Morgan fingerprint density at radius 2 is 1.61 bits per heavy atom. The third-order valence-electron chi connectivity index (χ3n) is 14.4. The number of methoxy groups -OCH3 is 1. The molecule has 0 aromatic rings. The summed E-state index contributed by atoms with van der Waals surface area (Å²) in [6.07, 6.45) is -2.30. The van der Waals surface area contributed by atoms with E-state index in [9.17, 15) is 35.4 Å². The number of hydrogen-bond donors (Lipinski definition) is 6. The van der Waals surface area contributed by atoms with Crippen molar-refractivity contribution in [2.24, 2.45) is 34.5 Å². The van der Waals surface area contributed by atoms with E-state index >= 15 is 0 Å². The van der Waals surface area contributed by atoms with Gasteiger partial charge in [0.05, 0.1) is 24.4 Å². The first-order valence-electron chi connectivity index (χ1n) is 18.3. The van der Waals surface area contributed by atoms with Crippen LogP contribution >= 0.6 is 0 Å². The van der Waals surface area contributed by atoms with E-state index in [0.717, 1.165) is 63.4 Å². The van der Waals surface area contributed by atoms with Crippen molar-refractivity contribution in [3.05, 3.63) is 11.6 Å². The Bertz CT molecular complexity index is 1260. The monoisotopic (exact) mass is 696 g/mol. The first-order valence-corrected chi connectivity index (χ1v) is 18.3. The van der Waals surface area contributed by atoms with Gasteiger partial charge in [-0.05, 0) is 99.4 Å². The van der Waals surface area contributed by atoms with Crippen molar-refractivity contribution in [2.75, 3.05) is 20.3 Å². The zero-order valence-electron chi connectivity index (χ0n) is 29.1. The van der Waals surface area contributed by atoms with Gasteiger partial charge >= 0.3 is 5.97 Å². The van der Waals surface area contributed by atoms with E-state index in [1.165, 1.54) is 7.11 Å². The molecule has 3 heterocycles. The lowest BCUT2D eigenvalue weighted by Crippen LogP contribution is -2.64. The maximum Gasteiger partial charge on any atom is 0.331 e. The number of rotatable bonds is 7. The molecule has 49 heavy (non-hydrogen) atoms. The van der Waals surface area contributed by atoms with Crippen LogP contribution in [0, 0.1) is 34.5 Å². The molecule has 7 rings (SSSR count). The molecule has 18 atom stereocenters. The number of ether oxygens (including phenoxy) is 6. The zero-order chi connectivity index (χ0) is 35.0. The molecular formula is C36H56O13. The quantitative estimate of drug-likeness (QED) is 0.163. The Labute approximate surface area is 287 Å². The number of carbonyl (C=O) groups excluding carboxylic acids is 1.